The van der Waals surface area contributed by atoms with Gasteiger partial charge in [0.25, 0.3) is 0 Å². The van der Waals surface area contributed by atoms with Crippen molar-refractivity contribution in [2.75, 3.05) is 46.5 Å². The van der Waals surface area contributed by atoms with E-state index in [1.165, 1.54) is 12.1 Å². The highest BCUT2D eigenvalue weighted by Crippen LogP contribution is 2.35. The number of hydrogen-bond acceptors (Lipinski definition) is 4. The zero-order valence-corrected chi connectivity index (χ0v) is 20.3. The number of benzene rings is 1. The number of amides is 2. The van der Waals surface area contributed by atoms with Gasteiger partial charge in [0.05, 0.1) is 31.8 Å². The number of hydrogen-bond donors (Lipinski definition) is 0. The van der Waals surface area contributed by atoms with Crippen LogP contribution in [0.2, 0.25) is 0 Å². The smallest absolute Gasteiger partial charge is 0.416 e. The predicted molar refractivity (Wildman–Crippen MR) is 125 cm³/mol. The molecule has 2 fully saturated rings. The van der Waals surface area contributed by atoms with Crippen LogP contribution in [0.4, 0.5) is 18.0 Å². The number of urea groups is 1. The molecule has 2 atom stereocenters. The molecule has 2 unspecified atom stereocenters. The van der Waals surface area contributed by atoms with Gasteiger partial charge in [-0.3, -0.25) is 0 Å². The third-order valence-corrected chi connectivity index (χ3v) is 6.38. The minimum Gasteiger partial charge on any atom is -0.484 e. The molecule has 2 aliphatic rings. The van der Waals surface area contributed by atoms with Gasteiger partial charge in [-0.25, -0.2) is 9.79 Å². The zero-order valence-electron chi connectivity index (χ0n) is 20.3. The Morgan fingerprint density at radius 1 is 1.09 bits per heavy atom. The summed E-state index contributed by atoms with van der Waals surface area (Å²) in [5.74, 6) is 0.112. The summed E-state index contributed by atoms with van der Waals surface area (Å²) in [6.07, 6.45) is -3.79. The number of likely N-dealkylation sites (tertiary alicyclic amines) is 1. The summed E-state index contributed by atoms with van der Waals surface area (Å²) in [7, 11) is 1.55. The number of morpholine rings is 1. The topological polar surface area (TPSA) is 54.4 Å². The standard InChI is InChI=1S/C25H34F3N3O3/c1-17(24(2,3)4)29-22(33-5)20-14-19(18-6-8-21(9-7-18)25(26,27)28)15-31(16-20)23(32)30-10-12-34-13-11-30/h6-9,19-20H,1,10-16H2,2-5H3. The fourth-order valence-electron chi connectivity index (χ4n) is 4.18. The van der Waals surface area contributed by atoms with Gasteiger partial charge in [-0.05, 0) is 24.1 Å². The first kappa shape index (κ1) is 26.1. The molecule has 6 nitrogen and oxygen atoms in total. The van der Waals surface area contributed by atoms with Crippen molar-refractivity contribution in [1.29, 1.82) is 0 Å². The molecule has 2 saturated heterocycles. The number of methoxy groups -OCH3 is 1. The molecule has 3 rings (SSSR count). The monoisotopic (exact) mass is 481 g/mol. The van der Waals surface area contributed by atoms with Gasteiger partial charge in [0.15, 0.2) is 5.90 Å². The number of carbonyl (C=O) groups excluding carboxylic acids is 1. The van der Waals surface area contributed by atoms with Gasteiger partial charge in [-0.1, -0.05) is 39.5 Å². The molecule has 2 aliphatic heterocycles. The first-order chi connectivity index (χ1) is 15.9. The number of ether oxygens (including phenoxy) is 2. The molecular formula is C25H34F3N3O3. The Kier molecular flexibility index (Phi) is 7.95. The summed E-state index contributed by atoms with van der Waals surface area (Å²) < 4.78 is 50.2. The number of halogens is 3. The number of allylic oxidation sites excluding steroid dienone is 1. The average Bonchev–Trinajstić information content (AvgIpc) is 2.81. The van der Waals surface area contributed by atoms with Gasteiger partial charge in [-0.2, -0.15) is 13.2 Å². The molecule has 0 N–H and O–H groups in total. The summed E-state index contributed by atoms with van der Waals surface area (Å²) in [6.45, 7) is 12.9. The van der Waals surface area contributed by atoms with E-state index in [9.17, 15) is 18.0 Å². The molecule has 0 saturated carbocycles. The van der Waals surface area contributed by atoms with Crippen molar-refractivity contribution >= 4 is 11.9 Å². The fraction of sp³-hybridized carbons (Fsp3) is 0.600. The Bertz CT molecular complexity index is 901. The van der Waals surface area contributed by atoms with E-state index < -0.39 is 11.7 Å². The molecule has 1 aromatic rings. The van der Waals surface area contributed by atoms with Crippen molar-refractivity contribution in [3.8, 4) is 0 Å². The first-order valence-corrected chi connectivity index (χ1v) is 11.5. The van der Waals surface area contributed by atoms with Gasteiger partial charge >= 0.3 is 12.2 Å². The summed E-state index contributed by atoms with van der Waals surface area (Å²) in [5, 5.41) is 0. The Hall–Kier alpha value is -2.55. The number of rotatable bonds is 3. The van der Waals surface area contributed by atoms with Crippen molar-refractivity contribution in [1.82, 2.24) is 9.80 Å². The lowest BCUT2D eigenvalue weighted by atomic mass is 9.84. The van der Waals surface area contributed by atoms with Crippen LogP contribution in [-0.4, -0.2) is 68.2 Å². The van der Waals surface area contributed by atoms with E-state index in [1.54, 1.807) is 16.9 Å². The van der Waals surface area contributed by atoms with Crippen LogP contribution in [-0.2, 0) is 15.7 Å². The van der Waals surface area contributed by atoms with Gasteiger partial charge in [-0.15, -0.1) is 0 Å². The molecule has 0 radical (unpaired) electrons. The van der Waals surface area contributed by atoms with Gasteiger partial charge in [0.2, 0.25) is 0 Å². The molecule has 0 aromatic heterocycles. The lowest BCUT2D eigenvalue weighted by Gasteiger charge is -2.41. The number of alkyl halides is 3. The summed E-state index contributed by atoms with van der Waals surface area (Å²) >= 11 is 0. The van der Waals surface area contributed by atoms with E-state index in [-0.39, 0.29) is 23.3 Å². The Morgan fingerprint density at radius 2 is 1.71 bits per heavy atom. The molecule has 0 spiro atoms. The maximum absolute atomic E-state index is 13.3. The highest BCUT2D eigenvalue weighted by Gasteiger charge is 2.37. The average molecular weight is 482 g/mol. The normalized spacial score (nSPS) is 22.5. The van der Waals surface area contributed by atoms with Crippen molar-refractivity contribution in [2.45, 2.75) is 39.3 Å². The molecule has 2 heterocycles. The lowest BCUT2D eigenvalue weighted by molar-refractivity contribution is -0.137. The number of piperidine rings is 1. The van der Waals surface area contributed by atoms with E-state index in [1.807, 2.05) is 20.8 Å². The molecule has 34 heavy (non-hydrogen) atoms. The quantitative estimate of drug-likeness (QED) is 0.442. The van der Waals surface area contributed by atoms with Gasteiger partial charge in [0.1, 0.15) is 0 Å². The summed E-state index contributed by atoms with van der Waals surface area (Å²) in [6, 6.07) is 5.10. The van der Waals surface area contributed by atoms with Crippen LogP contribution in [0.5, 0.6) is 0 Å². The second-order valence-electron chi connectivity index (χ2n) is 9.89. The second-order valence-corrected chi connectivity index (χ2v) is 9.89. The van der Waals surface area contributed by atoms with Gasteiger partial charge in [0, 0.05) is 43.2 Å². The maximum Gasteiger partial charge on any atom is 0.416 e. The van der Waals surface area contributed by atoms with Crippen molar-refractivity contribution in [3.05, 3.63) is 47.7 Å². The number of nitrogens with zero attached hydrogens (tertiary/aromatic N) is 3. The van der Waals surface area contributed by atoms with Crippen molar-refractivity contribution in [2.24, 2.45) is 16.3 Å². The minimum absolute atomic E-state index is 0.102. The van der Waals surface area contributed by atoms with E-state index in [2.05, 4.69) is 11.6 Å². The Labute approximate surface area is 199 Å². The number of aliphatic imine (C=N–C) groups is 1. The van der Waals surface area contributed by atoms with E-state index in [4.69, 9.17) is 9.47 Å². The zero-order chi connectivity index (χ0) is 25.1. The largest absolute Gasteiger partial charge is 0.484 e. The SMILES string of the molecule is C=C(N=C(OC)C1CC(c2ccc(C(F)(F)F)cc2)CN(C(=O)N2CCOCC2)C1)C(C)(C)C. The molecule has 1 aromatic carbocycles. The highest BCUT2D eigenvalue weighted by molar-refractivity contribution is 5.82. The van der Waals surface area contributed by atoms with E-state index >= 15 is 0 Å². The molecular weight excluding hydrogens is 447 g/mol. The van der Waals surface area contributed by atoms with Crippen LogP contribution in [0.25, 0.3) is 0 Å². The highest BCUT2D eigenvalue weighted by atomic mass is 19.4. The van der Waals surface area contributed by atoms with Crippen molar-refractivity contribution < 1.29 is 27.4 Å². The van der Waals surface area contributed by atoms with Crippen LogP contribution in [0, 0.1) is 11.3 Å². The van der Waals surface area contributed by atoms with Crippen LogP contribution >= 0.6 is 0 Å². The lowest BCUT2D eigenvalue weighted by Crippen LogP contribution is -2.53. The predicted octanol–water partition coefficient (Wildman–Crippen LogP) is 5.17. The van der Waals surface area contributed by atoms with Gasteiger partial charge < -0.3 is 19.3 Å². The van der Waals surface area contributed by atoms with Crippen LogP contribution in [0.1, 0.15) is 44.2 Å². The van der Waals surface area contributed by atoms with E-state index in [0.717, 1.165) is 17.7 Å². The Balaban J connectivity index is 1.90. The molecule has 188 valence electrons. The third-order valence-electron chi connectivity index (χ3n) is 6.38. The van der Waals surface area contributed by atoms with E-state index in [0.29, 0.717) is 57.4 Å². The molecule has 0 aliphatic carbocycles. The summed E-state index contributed by atoms with van der Waals surface area (Å²) in [4.78, 5) is 21.5. The summed E-state index contributed by atoms with van der Waals surface area (Å²) in [5.41, 5.74) is 0.467. The fourth-order valence-corrected chi connectivity index (χ4v) is 4.18. The van der Waals surface area contributed by atoms with Crippen LogP contribution < -0.4 is 0 Å². The Morgan fingerprint density at radius 3 is 2.24 bits per heavy atom. The molecule has 0 bridgehead atoms. The van der Waals surface area contributed by atoms with Crippen LogP contribution in [0.15, 0.2) is 41.5 Å². The first-order valence-electron chi connectivity index (χ1n) is 11.5. The maximum atomic E-state index is 13.3. The third kappa shape index (κ3) is 6.31. The molecule has 9 heteroatoms. The second kappa shape index (κ2) is 10.4. The number of carbonyl (C=O) groups is 1. The van der Waals surface area contributed by atoms with Crippen LogP contribution in [0.3, 0.4) is 0 Å². The molecule has 2 amide bonds. The van der Waals surface area contributed by atoms with Crippen molar-refractivity contribution in [3.63, 3.8) is 0 Å². The minimum atomic E-state index is -4.39.